The Bertz CT molecular complexity index is 261. The van der Waals surface area contributed by atoms with Crippen LogP contribution in [0.4, 0.5) is 0 Å². The molecule has 0 aromatic heterocycles. The van der Waals surface area contributed by atoms with Crippen molar-refractivity contribution >= 4 is 20.7 Å². The predicted octanol–water partition coefficient (Wildman–Crippen LogP) is -0.0661. The predicted molar refractivity (Wildman–Crippen MR) is 65.8 cm³/mol. The molecule has 0 radical (unpaired) electrons. The van der Waals surface area contributed by atoms with Gasteiger partial charge in [-0.1, -0.05) is 0 Å². The van der Waals surface area contributed by atoms with E-state index in [-0.39, 0.29) is 12.3 Å². The van der Waals surface area contributed by atoms with Gasteiger partial charge in [-0.2, -0.15) is 0 Å². The highest BCUT2D eigenvalue weighted by atomic mass is 28.4. The van der Waals surface area contributed by atoms with Gasteiger partial charge in [0.15, 0.2) is 0 Å². The fraction of sp³-hybridized carbons (Fsp3) is 0.800. The molecule has 0 aliphatic heterocycles. The van der Waals surface area contributed by atoms with E-state index >= 15 is 0 Å². The average molecular weight is 279 g/mol. The van der Waals surface area contributed by atoms with Crippen molar-refractivity contribution < 1.29 is 27.6 Å². The van der Waals surface area contributed by atoms with E-state index in [1.165, 1.54) is 28.4 Å². The number of carbonyl (C=O) groups excluding carboxylic acids is 2. The van der Waals surface area contributed by atoms with Crippen LogP contribution >= 0.6 is 0 Å². The second-order valence-electron chi connectivity index (χ2n) is 3.50. The molecule has 0 spiro atoms. The number of nitrogens with one attached hydrogen (secondary N) is 1. The van der Waals surface area contributed by atoms with Crippen molar-refractivity contribution in [2.75, 3.05) is 35.0 Å². The highest BCUT2D eigenvalue weighted by Gasteiger charge is 2.36. The maximum absolute atomic E-state index is 11.3. The molecule has 0 heterocycles. The van der Waals surface area contributed by atoms with Crippen LogP contribution in [0.25, 0.3) is 0 Å². The molecule has 0 fully saturated rings. The Hall–Kier alpha value is -0.963. The van der Waals surface area contributed by atoms with E-state index in [2.05, 4.69) is 10.1 Å². The first-order chi connectivity index (χ1) is 8.53. The minimum atomic E-state index is -2.57. The molecule has 106 valence electrons. The molecule has 1 amide bonds. The van der Waals surface area contributed by atoms with Gasteiger partial charge in [0, 0.05) is 33.9 Å². The molecule has 8 heteroatoms. The Morgan fingerprint density at radius 1 is 1.06 bits per heavy atom. The van der Waals surface area contributed by atoms with Crippen LogP contribution in [0.2, 0.25) is 6.04 Å². The summed E-state index contributed by atoms with van der Waals surface area (Å²) in [7, 11) is 3.28. The monoisotopic (exact) mass is 279 g/mol. The smallest absolute Gasteiger partial charge is 0.469 e. The fourth-order valence-corrected chi connectivity index (χ4v) is 3.08. The Labute approximate surface area is 108 Å². The topological polar surface area (TPSA) is 83.1 Å². The summed E-state index contributed by atoms with van der Waals surface area (Å²) in [5, 5.41) is 2.61. The van der Waals surface area contributed by atoms with Crippen molar-refractivity contribution in [3.63, 3.8) is 0 Å². The van der Waals surface area contributed by atoms with Crippen LogP contribution in [0.1, 0.15) is 12.8 Å². The van der Waals surface area contributed by atoms with E-state index in [1.54, 1.807) is 0 Å². The molecule has 0 atom stereocenters. The average Bonchev–Trinajstić information content (AvgIpc) is 2.39. The standard InChI is InChI=1S/C10H21NO6Si/c1-14-10(13)8-9(12)11-6-5-7-18(15-2,16-3)17-4/h5-8H2,1-4H3,(H,11,12). The maximum Gasteiger partial charge on any atom is 0.500 e. The molecule has 0 saturated carbocycles. The lowest BCUT2D eigenvalue weighted by atomic mass is 10.4. The molecule has 0 aromatic rings. The largest absolute Gasteiger partial charge is 0.500 e. The Morgan fingerprint density at radius 2 is 1.61 bits per heavy atom. The lowest BCUT2D eigenvalue weighted by molar-refractivity contribution is -0.143. The fourth-order valence-electron chi connectivity index (χ4n) is 1.35. The maximum atomic E-state index is 11.3. The molecule has 1 N–H and O–H groups in total. The third-order valence-corrected chi connectivity index (χ3v) is 5.28. The molecule has 0 aromatic carbocycles. The van der Waals surface area contributed by atoms with Crippen LogP contribution in [0, 0.1) is 0 Å². The number of hydrogen-bond acceptors (Lipinski definition) is 6. The second kappa shape index (κ2) is 9.03. The van der Waals surface area contributed by atoms with Gasteiger partial charge in [-0.3, -0.25) is 9.59 Å². The Morgan fingerprint density at radius 3 is 2.06 bits per heavy atom. The summed E-state index contributed by atoms with van der Waals surface area (Å²) >= 11 is 0. The zero-order chi connectivity index (χ0) is 14.0. The molecule has 0 saturated heterocycles. The van der Waals surface area contributed by atoms with Gasteiger partial charge >= 0.3 is 14.8 Å². The van der Waals surface area contributed by atoms with E-state index in [9.17, 15) is 9.59 Å². The molecule has 0 rings (SSSR count). The summed E-state index contributed by atoms with van der Waals surface area (Å²) in [6.45, 7) is 0.431. The molecule has 7 nitrogen and oxygen atoms in total. The van der Waals surface area contributed by atoms with Crippen molar-refractivity contribution in [3.05, 3.63) is 0 Å². The van der Waals surface area contributed by atoms with Crippen molar-refractivity contribution in [2.45, 2.75) is 18.9 Å². The van der Waals surface area contributed by atoms with E-state index in [4.69, 9.17) is 13.3 Å². The summed E-state index contributed by atoms with van der Waals surface area (Å²) < 4.78 is 20.1. The van der Waals surface area contributed by atoms with Crippen molar-refractivity contribution in [1.82, 2.24) is 5.32 Å². The summed E-state index contributed by atoms with van der Waals surface area (Å²) in [5.74, 6) is -0.914. The van der Waals surface area contributed by atoms with Crippen LogP contribution in [0.15, 0.2) is 0 Å². The first-order valence-corrected chi connectivity index (χ1v) is 7.45. The van der Waals surface area contributed by atoms with Gasteiger partial charge in [-0.25, -0.2) is 0 Å². The van der Waals surface area contributed by atoms with Gasteiger partial charge in [-0.05, 0) is 6.42 Å². The van der Waals surface area contributed by atoms with Crippen LogP contribution < -0.4 is 5.32 Å². The molecule has 0 bridgehead atoms. The quantitative estimate of drug-likeness (QED) is 0.275. The third-order valence-electron chi connectivity index (χ3n) is 2.45. The molecule has 0 aliphatic rings. The van der Waals surface area contributed by atoms with Gasteiger partial charge < -0.3 is 23.3 Å². The summed E-state index contributed by atoms with van der Waals surface area (Å²) in [5.41, 5.74) is 0. The van der Waals surface area contributed by atoms with Crippen molar-refractivity contribution in [3.8, 4) is 0 Å². The highest BCUT2D eigenvalue weighted by molar-refractivity contribution is 6.60. The highest BCUT2D eigenvalue weighted by Crippen LogP contribution is 2.14. The SMILES string of the molecule is COC(=O)CC(=O)NCCC[Si](OC)(OC)OC. The zero-order valence-electron chi connectivity index (χ0n) is 11.3. The molecule has 0 unspecified atom stereocenters. The molecule has 18 heavy (non-hydrogen) atoms. The Kier molecular flexibility index (Phi) is 8.55. The minimum absolute atomic E-state index is 0.266. The van der Waals surface area contributed by atoms with E-state index in [0.717, 1.165) is 0 Å². The number of carbonyl (C=O) groups is 2. The molecular formula is C10H21NO6Si. The third kappa shape index (κ3) is 6.10. The van der Waals surface area contributed by atoms with Gasteiger partial charge in [0.05, 0.1) is 7.11 Å². The van der Waals surface area contributed by atoms with E-state index in [1.807, 2.05) is 0 Å². The number of esters is 1. The summed E-state index contributed by atoms with van der Waals surface area (Å²) in [4.78, 5) is 22.1. The lowest BCUT2D eigenvalue weighted by Gasteiger charge is -2.24. The van der Waals surface area contributed by atoms with E-state index < -0.39 is 14.8 Å². The number of rotatable bonds is 9. The summed E-state index contributed by atoms with van der Waals surface area (Å²) in [6.07, 6.45) is 0.382. The number of amides is 1. The van der Waals surface area contributed by atoms with Crippen LogP contribution in [0.3, 0.4) is 0 Å². The zero-order valence-corrected chi connectivity index (χ0v) is 12.3. The summed E-state index contributed by atoms with van der Waals surface area (Å²) in [6, 6.07) is 0.592. The normalized spacial score (nSPS) is 11.1. The van der Waals surface area contributed by atoms with Gasteiger partial charge in [0.2, 0.25) is 5.91 Å². The van der Waals surface area contributed by atoms with Gasteiger partial charge in [0.1, 0.15) is 6.42 Å². The van der Waals surface area contributed by atoms with E-state index in [0.29, 0.717) is 19.0 Å². The Balaban J connectivity index is 3.85. The van der Waals surface area contributed by atoms with Crippen LogP contribution in [-0.2, 0) is 27.6 Å². The molecular weight excluding hydrogens is 258 g/mol. The number of methoxy groups -OCH3 is 1. The number of ether oxygens (including phenoxy) is 1. The van der Waals surface area contributed by atoms with Crippen molar-refractivity contribution in [1.29, 1.82) is 0 Å². The van der Waals surface area contributed by atoms with Crippen molar-refractivity contribution in [2.24, 2.45) is 0 Å². The van der Waals surface area contributed by atoms with Gasteiger partial charge in [0.25, 0.3) is 0 Å². The van der Waals surface area contributed by atoms with Crippen LogP contribution in [-0.4, -0.2) is 55.7 Å². The number of hydrogen-bond donors (Lipinski definition) is 1. The first kappa shape index (κ1) is 17.0. The van der Waals surface area contributed by atoms with Crippen LogP contribution in [0.5, 0.6) is 0 Å². The molecule has 0 aliphatic carbocycles. The van der Waals surface area contributed by atoms with Gasteiger partial charge in [-0.15, -0.1) is 0 Å². The lowest BCUT2D eigenvalue weighted by Crippen LogP contribution is -2.43. The minimum Gasteiger partial charge on any atom is -0.469 e. The second-order valence-corrected chi connectivity index (χ2v) is 6.59. The first-order valence-electron chi connectivity index (χ1n) is 5.52.